The predicted octanol–water partition coefficient (Wildman–Crippen LogP) is 1.54. The summed E-state index contributed by atoms with van der Waals surface area (Å²) in [7, 11) is 3.92. The fraction of sp³-hybridized carbons (Fsp3) is 0.636. The van der Waals surface area contributed by atoms with E-state index in [1.165, 1.54) is 32.4 Å². The van der Waals surface area contributed by atoms with Crippen LogP contribution in [0.15, 0.2) is 25.6 Å². The van der Waals surface area contributed by atoms with E-state index in [9.17, 15) is 0 Å². The molecule has 1 saturated heterocycles. The SMILES string of the molecule is C=C.C=C(N)NC.CN1CCCCC1. The Balaban J connectivity index is 0. The Morgan fingerprint density at radius 1 is 1.21 bits per heavy atom. The van der Waals surface area contributed by atoms with Gasteiger partial charge in [0.2, 0.25) is 0 Å². The van der Waals surface area contributed by atoms with E-state index >= 15 is 0 Å². The van der Waals surface area contributed by atoms with Crippen molar-refractivity contribution in [3.8, 4) is 0 Å². The summed E-state index contributed by atoms with van der Waals surface area (Å²) in [5, 5.41) is 2.61. The third-order valence-electron chi connectivity index (χ3n) is 1.90. The molecule has 84 valence electrons. The highest BCUT2D eigenvalue weighted by Crippen LogP contribution is 2.04. The Morgan fingerprint density at radius 2 is 1.57 bits per heavy atom. The minimum absolute atomic E-state index is 0.505. The maximum Gasteiger partial charge on any atom is 0.0883 e. The molecule has 3 nitrogen and oxygen atoms in total. The number of hydrogen-bond acceptors (Lipinski definition) is 3. The lowest BCUT2D eigenvalue weighted by Gasteiger charge is -2.20. The van der Waals surface area contributed by atoms with Gasteiger partial charge in [0.1, 0.15) is 0 Å². The van der Waals surface area contributed by atoms with Gasteiger partial charge >= 0.3 is 0 Å². The number of rotatable bonds is 1. The molecule has 1 rings (SSSR count). The molecule has 0 atom stereocenters. The van der Waals surface area contributed by atoms with Crippen LogP contribution in [0.2, 0.25) is 0 Å². The molecule has 0 aromatic carbocycles. The fourth-order valence-electron chi connectivity index (χ4n) is 1.05. The smallest absolute Gasteiger partial charge is 0.0883 e. The number of nitrogens with two attached hydrogens (primary N) is 1. The van der Waals surface area contributed by atoms with Crippen LogP contribution in [0.5, 0.6) is 0 Å². The van der Waals surface area contributed by atoms with Gasteiger partial charge in [0.05, 0.1) is 5.82 Å². The van der Waals surface area contributed by atoms with Gasteiger partial charge in [-0.3, -0.25) is 0 Å². The van der Waals surface area contributed by atoms with Crippen LogP contribution in [0.4, 0.5) is 0 Å². The zero-order valence-corrected chi connectivity index (χ0v) is 9.68. The Hall–Kier alpha value is -0.960. The first-order valence-corrected chi connectivity index (χ1v) is 4.97. The lowest BCUT2D eigenvalue weighted by Crippen LogP contribution is -2.24. The van der Waals surface area contributed by atoms with Gasteiger partial charge < -0.3 is 16.0 Å². The molecular weight excluding hydrogens is 174 g/mol. The summed E-state index contributed by atoms with van der Waals surface area (Å²) in [5.74, 6) is 0.505. The first-order valence-electron chi connectivity index (χ1n) is 4.97. The summed E-state index contributed by atoms with van der Waals surface area (Å²) >= 11 is 0. The van der Waals surface area contributed by atoms with Crippen molar-refractivity contribution in [2.45, 2.75) is 19.3 Å². The molecule has 1 aliphatic rings. The van der Waals surface area contributed by atoms with E-state index in [1.54, 1.807) is 7.05 Å². The van der Waals surface area contributed by atoms with E-state index in [0.29, 0.717) is 5.82 Å². The van der Waals surface area contributed by atoms with E-state index in [2.05, 4.69) is 37.0 Å². The second-order valence-electron chi connectivity index (χ2n) is 3.14. The molecule has 0 bridgehead atoms. The van der Waals surface area contributed by atoms with Crippen molar-refractivity contribution in [1.82, 2.24) is 10.2 Å². The van der Waals surface area contributed by atoms with Crippen molar-refractivity contribution in [3.05, 3.63) is 25.6 Å². The molecular formula is C11H25N3. The molecule has 3 heteroatoms. The highest BCUT2D eigenvalue weighted by Gasteiger charge is 2.02. The minimum atomic E-state index is 0.505. The maximum absolute atomic E-state index is 4.99. The second kappa shape index (κ2) is 12.0. The highest BCUT2D eigenvalue weighted by atomic mass is 15.1. The van der Waals surface area contributed by atoms with Gasteiger partial charge in [0.15, 0.2) is 0 Å². The Kier molecular flexibility index (Phi) is 13.3. The molecule has 0 saturated carbocycles. The summed E-state index contributed by atoms with van der Waals surface area (Å²) in [6.45, 7) is 12.0. The molecule has 0 unspecified atom stereocenters. The summed E-state index contributed by atoms with van der Waals surface area (Å²) in [6, 6.07) is 0. The van der Waals surface area contributed by atoms with Gasteiger partial charge in [-0.25, -0.2) is 0 Å². The highest BCUT2D eigenvalue weighted by molar-refractivity contribution is 4.78. The molecule has 0 aliphatic carbocycles. The van der Waals surface area contributed by atoms with E-state index in [-0.39, 0.29) is 0 Å². The van der Waals surface area contributed by atoms with Crippen molar-refractivity contribution < 1.29 is 0 Å². The predicted molar refractivity (Wildman–Crippen MR) is 65.0 cm³/mol. The normalized spacial score (nSPS) is 15.3. The lowest BCUT2D eigenvalue weighted by molar-refractivity contribution is 0.277. The maximum atomic E-state index is 4.99. The number of likely N-dealkylation sites (tertiary alicyclic amines) is 1. The van der Waals surface area contributed by atoms with Crippen molar-refractivity contribution in [2.75, 3.05) is 27.2 Å². The molecule has 0 aromatic rings. The van der Waals surface area contributed by atoms with Crippen molar-refractivity contribution in [1.29, 1.82) is 0 Å². The van der Waals surface area contributed by atoms with Crippen LogP contribution in [0, 0.1) is 0 Å². The van der Waals surface area contributed by atoms with E-state index in [0.717, 1.165) is 0 Å². The molecule has 0 spiro atoms. The largest absolute Gasteiger partial charge is 0.386 e. The van der Waals surface area contributed by atoms with Crippen molar-refractivity contribution in [3.63, 3.8) is 0 Å². The van der Waals surface area contributed by atoms with Crippen LogP contribution in [-0.4, -0.2) is 32.1 Å². The van der Waals surface area contributed by atoms with Gasteiger partial charge in [-0.2, -0.15) is 0 Å². The van der Waals surface area contributed by atoms with E-state index in [4.69, 9.17) is 5.73 Å². The first-order chi connectivity index (χ1) is 6.66. The van der Waals surface area contributed by atoms with Crippen LogP contribution >= 0.6 is 0 Å². The quantitative estimate of drug-likeness (QED) is 0.629. The third-order valence-corrected chi connectivity index (χ3v) is 1.90. The summed E-state index contributed by atoms with van der Waals surface area (Å²) in [6.07, 6.45) is 4.28. The van der Waals surface area contributed by atoms with Gasteiger partial charge in [0, 0.05) is 7.05 Å². The van der Waals surface area contributed by atoms with Crippen molar-refractivity contribution >= 4 is 0 Å². The Labute approximate surface area is 88.7 Å². The van der Waals surface area contributed by atoms with Gasteiger partial charge in [-0.15, -0.1) is 13.2 Å². The van der Waals surface area contributed by atoms with E-state index in [1.807, 2.05) is 0 Å². The number of nitrogens with one attached hydrogen (secondary N) is 1. The standard InChI is InChI=1S/C6H13N.C3H8N2.C2H4/c1-7-5-3-2-4-6-7;1-3(4)5-2;1-2/h2-6H2,1H3;5H,1,4H2,2H3;1-2H2. The van der Waals surface area contributed by atoms with Crippen LogP contribution in [0.1, 0.15) is 19.3 Å². The average molecular weight is 199 g/mol. The van der Waals surface area contributed by atoms with Crippen LogP contribution in [0.25, 0.3) is 0 Å². The monoisotopic (exact) mass is 199 g/mol. The molecule has 1 aliphatic heterocycles. The molecule has 1 fully saturated rings. The van der Waals surface area contributed by atoms with Gasteiger partial charge in [-0.1, -0.05) is 13.0 Å². The average Bonchev–Trinajstić information content (AvgIpc) is 2.23. The number of hydrogen-bond donors (Lipinski definition) is 2. The lowest BCUT2D eigenvalue weighted by atomic mass is 10.1. The van der Waals surface area contributed by atoms with Crippen LogP contribution < -0.4 is 11.1 Å². The van der Waals surface area contributed by atoms with Crippen molar-refractivity contribution in [2.24, 2.45) is 5.73 Å². The first kappa shape index (κ1) is 15.5. The Morgan fingerprint density at radius 3 is 1.71 bits per heavy atom. The van der Waals surface area contributed by atoms with Gasteiger partial charge in [0.25, 0.3) is 0 Å². The minimum Gasteiger partial charge on any atom is -0.386 e. The molecule has 0 amide bonds. The summed E-state index contributed by atoms with van der Waals surface area (Å²) < 4.78 is 0. The third kappa shape index (κ3) is 13.6. The zero-order valence-electron chi connectivity index (χ0n) is 9.68. The molecule has 0 radical (unpaired) electrons. The topological polar surface area (TPSA) is 41.3 Å². The second-order valence-corrected chi connectivity index (χ2v) is 3.14. The zero-order chi connectivity index (χ0) is 11.4. The molecule has 1 heterocycles. The summed E-state index contributed by atoms with van der Waals surface area (Å²) in [5.41, 5.74) is 4.99. The number of nitrogens with zero attached hydrogens (tertiary/aromatic N) is 1. The van der Waals surface area contributed by atoms with E-state index < -0.39 is 0 Å². The number of piperidine rings is 1. The Bertz CT molecular complexity index is 128. The summed E-state index contributed by atoms with van der Waals surface area (Å²) in [4.78, 5) is 2.39. The van der Waals surface area contributed by atoms with Crippen LogP contribution in [0.3, 0.4) is 0 Å². The molecule has 3 N–H and O–H groups in total. The molecule has 0 aromatic heterocycles. The van der Waals surface area contributed by atoms with Gasteiger partial charge in [-0.05, 0) is 33.0 Å². The van der Waals surface area contributed by atoms with Crippen LogP contribution in [-0.2, 0) is 0 Å². The molecule has 14 heavy (non-hydrogen) atoms. The fourth-order valence-corrected chi connectivity index (χ4v) is 1.05.